The predicted molar refractivity (Wildman–Crippen MR) is 103 cm³/mol. The highest BCUT2D eigenvalue weighted by Crippen LogP contribution is 2.39. The molecular formula is C18H20Cl2N3OS+. The molecule has 1 aromatic carbocycles. The van der Waals surface area contributed by atoms with E-state index in [9.17, 15) is 4.79 Å². The van der Waals surface area contributed by atoms with E-state index >= 15 is 0 Å². The molecule has 7 heteroatoms. The van der Waals surface area contributed by atoms with Crippen LogP contribution in [0.5, 0.6) is 0 Å². The minimum Gasteiger partial charge on any atom is -0.353 e. The monoisotopic (exact) mass is 396 g/mol. The number of thiophene rings is 1. The third kappa shape index (κ3) is 3.04. The number of nitrogens with one attached hydrogen (secondary N) is 3. The predicted octanol–water partition coefficient (Wildman–Crippen LogP) is 3.26. The number of halogens is 2. The second kappa shape index (κ2) is 6.47. The summed E-state index contributed by atoms with van der Waals surface area (Å²) >= 11 is 13.8. The lowest BCUT2D eigenvalue weighted by molar-refractivity contribution is -0.936. The zero-order valence-corrected chi connectivity index (χ0v) is 16.4. The summed E-state index contributed by atoms with van der Waals surface area (Å²) < 4.78 is 0. The zero-order chi connectivity index (χ0) is 17.7. The number of anilines is 1. The molecular weight excluding hydrogens is 377 g/mol. The van der Waals surface area contributed by atoms with E-state index < -0.39 is 0 Å². The molecule has 25 heavy (non-hydrogen) atoms. The van der Waals surface area contributed by atoms with Crippen molar-refractivity contribution in [3.8, 4) is 0 Å². The number of hydrogen-bond acceptors (Lipinski definition) is 3. The summed E-state index contributed by atoms with van der Waals surface area (Å²) in [6, 6.07) is 6.03. The van der Waals surface area contributed by atoms with Gasteiger partial charge in [0.05, 0.1) is 33.1 Å². The maximum absolute atomic E-state index is 12.8. The number of carbonyl (C=O) groups excluding carboxylic acids is 1. The van der Waals surface area contributed by atoms with Crippen molar-refractivity contribution in [2.75, 3.05) is 11.9 Å². The molecule has 0 saturated carbocycles. The summed E-state index contributed by atoms with van der Waals surface area (Å²) in [5.74, 6) is -0.00433. The van der Waals surface area contributed by atoms with Crippen LogP contribution in [0.3, 0.4) is 0 Å². The lowest BCUT2D eigenvalue weighted by Crippen LogP contribution is -3.14. The van der Waals surface area contributed by atoms with Gasteiger partial charge in [0.25, 0.3) is 5.91 Å². The van der Waals surface area contributed by atoms with Gasteiger partial charge in [0, 0.05) is 6.42 Å². The molecule has 2 aliphatic rings. The van der Waals surface area contributed by atoms with Crippen LogP contribution in [0.15, 0.2) is 18.2 Å². The molecule has 3 N–H and O–H groups in total. The van der Waals surface area contributed by atoms with E-state index in [1.807, 2.05) is 6.07 Å². The van der Waals surface area contributed by atoms with Gasteiger partial charge in [-0.05, 0) is 37.1 Å². The number of carbonyl (C=O) groups is 1. The van der Waals surface area contributed by atoms with Gasteiger partial charge in [-0.1, -0.05) is 29.3 Å². The molecule has 3 heterocycles. The van der Waals surface area contributed by atoms with Crippen LogP contribution in [0.4, 0.5) is 5.00 Å². The van der Waals surface area contributed by atoms with Crippen LogP contribution < -0.4 is 15.5 Å². The molecule has 1 amide bonds. The van der Waals surface area contributed by atoms with E-state index in [4.69, 9.17) is 23.2 Å². The Bertz CT molecular complexity index is 849. The number of fused-ring (bicyclic) bond motifs is 3. The average Bonchev–Trinajstić information content (AvgIpc) is 2.95. The molecule has 132 valence electrons. The number of benzene rings is 1. The fourth-order valence-electron chi connectivity index (χ4n) is 3.56. The van der Waals surface area contributed by atoms with Crippen molar-refractivity contribution in [2.24, 2.45) is 0 Å². The molecule has 1 unspecified atom stereocenters. The number of quaternary nitrogens is 1. The van der Waals surface area contributed by atoms with E-state index in [1.54, 1.807) is 28.4 Å². The van der Waals surface area contributed by atoms with Crippen LogP contribution in [0.1, 0.15) is 46.4 Å². The highest BCUT2D eigenvalue weighted by atomic mass is 35.5. The normalized spacial score (nSPS) is 22.2. The Morgan fingerprint density at radius 2 is 2.04 bits per heavy atom. The molecule has 2 atom stereocenters. The van der Waals surface area contributed by atoms with Gasteiger partial charge in [0.15, 0.2) is 0 Å². The lowest BCUT2D eigenvalue weighted by atomic mass is 9.99. The summed E-state index contributed by atoms with van der Waals surface area (Å²) in [5.41, 5.74) is 2.95. The number of amides is 1. The molecule has 0 spiro atoms. The Kier molecular flexibility index (Phi) is 4.44. The SMILES string of the molecule is CC(C)[NH+]1CCc2c(sc3c2C(=O)N[C@H](c2ccc(Cl)c(Cl)c2)N3)C1. The molecule has 0 radical (unpaired) electrons. The lowest BCUT2D eigenvalue weighted by Gasteiger charge is -2.28. The van der Waals surface area contributed by atoms with Crippen LogP contribution >= 0.6 is 34.5 Å². The largest absolute Gasteiger partial charge is 0.353 e. The van der Waals surface area contributed by atoms with Crippen molar-refractivity contribution in [1.82, 2.24) is 5.32 Å². The van der Waals surface area contributed by atoms with Crippen molar-refractivity contribution in [2.45, 2.75) is 39.0 Å². The summed E-state index contributed by atoms with van der Waals surface area (Å²) in [7, 11) is 0. The van der Waals surface area contributed by atoms with E-state index in [0.717, 1.165) is 35.6 Å². The molecule has 0 aliphatic carbocycles. The Labute approximate surface area is 161 Å². The molecule has 2 aliphatic heterocycles. The van der Waals surface area contributed by atoms with E-state index in [2.05, 4.69) is 24.5 Å². The van der Waals surface area contributed by atoms with E-state index in [-0.39, 0.29) is 12.1 Å². The highest BCUT2D eigenvalue weighted by molar-refractivity contribution is 7.16. The summed E-state index contributed by atoms with van der Waals surface area (Å²) in [4.78, 5) is 15.7. The quantitative estimate of drug-likeness (QED) is 0.729. The molecule has 0 fully saturated rings. The van der Waals surface area contributed by atoms with Crippen molar-refractivity contribution < 1.29 is 9.69 Å². The summed E-state index contributed by atoms with van der Waals surface area (Å²) in [6.45, 7) is 6.58. The third-order valence-corrected chi connectivity index (χ3v) is 6.95. The van der Waals surface area contributed by atoms with Gasteiger partial charge in [0.1, 0.15) is 17.7 Å². The van der Waals surface area contributed by atoms with Crippen molar-refractivity contribution in [3.63, 3.8) is 0 Å². The molecule has 0 bridgehead atoms. The van der Waals surface area contributed by atoms with Gasteiger partial charge in [0.2, 0.25) is 0 Å². The zero-order valence-electron chi connectivity index (χ0n) is 14.1. The Morgan fingerprint density at radius 1 is 1.24 bits per heavy atom. The van der Waals surface area contributed by atoms with Crippen LogP contribution in [0.2, 0.25) is 10.0 Å². The maximum Gasteiger partial charge on any atom is 0.256 e. The van der Waals surface area contributed by atoms with Gasteiger partial charge < -0.3 is 15.5 Å². The van der Waals surface area contributed by atoms with E-state index in [0.29, 0.717) is 16.1 Å². The van der Waals surface area contributed by atoms with Gasteiger partial charge >= 0.3 is 0 Å². The molecule has 4 nitrogen and oxygen atoms in total. The summed E-state index contributed by atoms with van der Waals surface area (Å²) in [6.07, 6.45) is 0.671. The molecule has 4 rings (SSSR count). The molecule has 0 saturated heterocycles. The highest BCUT2D eigenvalue weighted by Gasteiger charge is 2.35. The maximum atomic E-state index is 12.8. The topological polar surface area (TPSA) is 45.6 Å². The number of hydrogen-bond donors (Lipinski definition) is 3. The van der Waals surface area contributed by atoms with Gasteiger partial charge in [-0.2, -0.15) is 0 Å². The first-order valence-corrected chi connectivity index (χ1v) is 10.0. The second-order valence-electron chi connectivity index (χ2n) is 6.92. The van der Waals surface area contributed by atoms with Crippen LogP contribution in [0.25, 0.3) is 0 Å². The van der Waals surface area contributed by atoms with Crippen molar-refractivity contribution in [3.05, 3.63) is 49.8 Å². The molecule has 2 aromatic rings. The first kappa shape index (κ1) is 17.2. The number of rotatable bonds is 2. The Hall–Kier alpha value is -1.27. The van der Waals surface area contributed by atoms with Gasteiger partial charge in [-0.15, -0.1) is 11.3 Å². The minimum atomic E-state index is -0.289. The average molecular weight is 397 g/mol. The van der Waals surface area contributed by atoms with Gasteiger partial charge in [-0.25, -0.2) is 0 Å². The van der Waals surface area contributed by atoms with E-state index in [1.165, 1.54) is 10.4 Å². The minimum absolute atomic E-state index is 0.00433. The first-order chi connectivity index (χ1) is 11.9. The summed E-state index contributed by atoms with van der Waals surface area (Å²) in [5, 5.41) is 8.49. The Morgan fingerprint density at radius 3 is 2.76 bits per heavy atom. The van der Waals surface area contributed by atoms with Gasteiger partial charge in [-0.3, -0.25) is 4.79 Å². The standard InChI is InChI=1S/C18H19Cl2N3OS/c1-9(2)23-6-5-11-14(8-23)25-18-15(11)17(24)21-16(22-18)10-3-4-12(19)13(20)7-10/h3-4,7,9,16,22H,5-6,8H2,1-2H3,(H,21,24)/p+1/t16-/m0/s1. The smallest absolute Gasteiger partial charge is 0.256 e. The second-order valence-corrected chi connectivity index (χ2v) is 8.84. The van der Waals surface area contributed by atoms with Crippen LogP contribution in [-0.4, -0.2) is 18.5 Å². The Balaban J connectivity index is 1.65. The molecule has 1 aromatic heterocycles. The fourth-order valence-corrected chi connectivity index (χ4v) is 5.20. The van der Waals surface area contributed by atoms with Crippen molar-refractivity contribution in [1.29, 1.82) is 0 Å². The van der Waals surface area contributed by atoms with Crippen molar-refractivity contribution >= 4 is 45.4 Å². The van der Waals surface area contributed by atoms with Crippen LogP contribution in [-0.2, 0) is 13.0 Å². The first-order valence-electron chi connectivity index (χ1n) is 8.45. The third-order valence-electron chi connectivity index (χ3n) is 5.05. The fraction of sp³-hybridized carbons (Fsp3) is 0.389. The van der Waals surface area contributed by atoms with Crippen LogP contribution in [0, 0.1) is 0 Å².